The summed E-state index contributed by atoms with van der Waals surface area (Å²) in [5.41, 5.74) is 1.40. The predicted molar refractivity (Wildman–Crippen MR) is 81.8 cm³/mol. The largest absolute Gasteiger partial charge is 0.310 e. The van der Waals surface area contributed by atoms with Crippen LogP contribution in [-0.2, 0) is 0 Å². The minimum atomic E-state index is 0.421. The fourth-order valence-electron chi connectivity index (χ4n) is 1.69. The SMILES string of the molecule is CCCNC(C)c1ccc(Br)cc1SC(C)C. The van der Waals surface area contributed by atoms with E-state index in [9.17, 15) is 0 Å². The molecular weight excluding hydrogens is 294 g/mol. The molecule has 1 rings (SSSR count). The van der Waals surface area contributed by atoms with Crippen LogP contribution in [0.3, 0.4) is 0 Å². The average Bonchev–Trinajstić information content (AvgIpc) is 2.25. The fraction of sp³-hybridized carbons (Fsp3) is 0.571. The van der Waals surface area contributed by atoms with E-state index in [1.165, 1.54) is 16.9 Å². The van der Waals surface area contributed by atoms with Crippen molar-refractivity contribution in [1.82, 2.24) is 5.32 Å². The highest BCUT2D eigenvalue weighted by molar-refractivity contribution is 9.10. The van der Waals surface area contributed by atoms with Crippen LogP contribution in [0.25, 0.3) is 0 Å². The number of hydrogen-bond acceptors (Lipinski definition) is 2. The summed E-state index contributed by atoms with van der Waals surface area (Å²) in [4.78, 5) is 1.38. The Bertz CT molecular complexity index is 352. The molecule has 0 spiro atoms. The van der Waals surface area contributed by atoms with Gasteiger partial charge in [-0.15, -0.1) is 11.8 Å². The summed E-state index contributed by atoms with van der Waals surface area (Å²) in [6.07, 6.45) is 1.17. The summed E-state index contributed by atoms with van der Waals surface area (Å²) in [6.45, 7) is 9.98. The van der Waals surface area contributed by atoms with Gasteiger partial charge in [-0.2, -0.15) is 0 Å². The molecule has 0 saturated carbocycles. The molecule has 1 N–H and O–H groups in total. The first-order chi connectivity index (χ1) is 8.04. The van der Waals surface area contributed by atoms with Crippen LogP contribution in [0.4, 0.5) is 0 Å². The van der Waals surface area contributed by atoms with Gasteiger partial charge in [0.2, 0.25) is 0 Å². The van der Waals surface area contributed by atoms with Crippen LogP contribution < -0.4 is 5.32 Å². The monoisotopic (exact) mass is 315 g/mol. The number of halogens is 1. The molecule has 0 radical (unpaired) electrons. The Hall–Kier alpha value is 0.01000. The van der Waals surface area contributed by atoms with E-state index in [4.69, 9.17) is 0 Å². The maximum atomic E-state index is 3.55. The summed E-state index contributed by atoms with van der Waals surface area (Å²) < 4.78 is 1.16. The molecule has 0 saturated heterocycles. The maximum Gasteiger partial charge on any atom is 0.0302 e. The second-order valence-electron chi connectivity index (χ2n) is 4.52. The lowest BCUT2D eigenvalue weighted by Gasteiger charge is -2.19. The highest BCUT2D eigenvalue weighted by Gasteiger charge is 2.11. The molecule has 1 aromatic carbocycles. The van der Waals surface area contributed by atoms with E-state index in [1.54, 1.807) is 0 Å². The third-order valence-corrected chi connectivity index (χ3v) is 4.08. The minimum Gasteiger partial charge on any atom is -0.310 e. The molecule has 1 nitrogen and oxygen atoms in total. The standard InChI is InChI=1S/C14H22BrNS/c1-5-8-16-11(4)13-7-6-12(15)9-14(13)17-10(2)3/h6-7,9-11,16H,5,8H2,1-4H3. The quantitative estimate of drug-likeness (QED) is 0.740. The van der Waals surface area contributed by atoms with Gasteiger partial charge in [0, 0.05) is 20.7 Å². The molecule has 17 heavy (non-hydrogen) atoms. The van der Waals surface area contributed by atoms with E-state index >= 15 is 0 Å². The zero-order valence-electron chi connectivity index (χ0n) is 11.1. The molecule has 0 amide bonds. The van der Waals surface area contributed by atoms with Gasteiger partial charge in [-0.1, -0.05) is 42.8 Å². The van der Waals surface area contributed by atoms with Gasteiger partial charge in [-0.25, -0.2) is 0 Å². The van der Waals surface area contributed by atoms with E-state index in [0.717, 1.165) is 11.0 Å². The first kappa shape index (κ1) is 15.1. The molecule has 0 bridgehead atoms. The van der Waals surface area contributed by atoms with Crippen molar-refractivity contribution in [3.63, 3.8) is 0 Å². The predicted octanol–water partition coefficient (Wildman–Crippen LogP) is 5.01. The molecular formula is C14H22BrNS. The van der Waals surface area contributed by atoms with E-state index in [-0.39, 0.29) is 0 Å². The Morgan fingerprint density at radius 3 is 2.59 bits per heavy atom. The van der Waals surface area contributed by atoms with E-state index in [1.807, 2.05) is 11.8 Å². The molecule has 0 aliphatic heterocycles. The van der Waals surface area contributed by atoms with Crippen LogP contribution >= 0.6 is 27.7 Å². The molecule has 1 aromatic rings. The molecule has 3 heteroatoms. The molecule has 1 unspecified atom stereocenters. The van der Waals surface area contributed by atoms with Gasteiger partial charge >= 0.3 is 0 Å². The van der Waals surface area contributed by atoms with Crippen LogP contribution in [0, 0.1) is 0 Å². The van der Waals surface area contributed by atoms with Crippen molar-refractivity contribution in [2.75, 3.05) is 6.54 Å². The van der Waals surface area contributed by atoms with Crippen LogP contribution in [0.2, 0.25) is 0 Å². The number of nitrogens with one attached hydrogen (secondary N) is 1. The zero-order chi connectivity index (χ0) is 12.8. The minimum absolute atomic E-state index is 0.421. The van der Waals surface area contributed by atoms with Crippen LogP contribution in [0.1, 0.15) is 45.7 Å². The Balaban J connectivity index is 2.88. The first-order valence-electron chi connectivity index (χ1n) is 6.24. The second-order valence-corrected chi connectivity index (χ2v) is 7.06. The number of rotatable bonds is 6. The number of hydrogen-bond donors (Lipinski definition) is 1. The van der Waals surface area contributed by atoms with Crippen molar-refractivity contribution in [2.24, 2.45) is 0 Å². The third kappa shape index (κ3) is 5.02. The summed E-state index contributed by atoms with van der Waals surface area (Å²) >= 11 is 5.49. The molecule has 0 fully saturated rings. The lowest BCUT2D eigenvalue weighted by molar-refractivity contribution is 0.563. The third-order valence-electron chi connectivity index (χ3n) is 2.51. The van der Waals surface area contributed by atoms with E-state index < -0.39 is 0 Å². The van der Waals surface area contributed by atoms with Gasteiger partial charge in [-0.05, 0) is 37.6 Å². The van der Waals surface area contributed by atoms with Crippen LogP contribution in [-0.4, -0.2) is 11.8 Å². The zero-order valence-corrected chi connectivity index (χ0v) is 13.5. The van der Waals surface area contributed by atoms with Crippen molar-refractivity contribution in [2.45, 2.75) is 50.3 Å². The van der Waals surface area contributed by atoms with Gasteiger partial charge in [0.1, 0.15) is 0 Å². The average molecular weight is 316 g/mol. The van der Waals surface area contributed by atoms with Gasteiger partial charge in [-0.3, -0.25) is 0 Å². The lowest BCUT2D eigenvalue weighted by Crippen LogP contribution is -2.19. The van der Waals surface area contributed by atoms with Crippen LogP contribution in [0.15, 0.2) is 27.6 Å². The highest BCUT2D eigenvalue weighted by atomic mass is 79.9. The van der Waals surface area contributed by atoms with Crippen molar-refractivity contribution in [3.8, 4) is 0 Å². The van der Waals surface area contributed by atoms with Crippen molar-refractivity contribution >= 4 is 27.7 Å². The van der Waals surface area contributed by atoms with E-state index in [0.29, 0.717) is 11.3 Å². The van der Waals surface area contributed by atoms with Gasteiger partial charge in [0.05, 0.1) is 0 Å². The van der Waals surface area contributed by atoms with Crippen molar-refractivity contribution in [1.29, 1.82) is 0 Å². The normalized spacial score (nSPS) is 13.1. The fourth-order valence-corrected chi connectivity index (χ4v) is 3.29. The highest BCUT2D eigenvalue weighted by Crippen LogP contribution is 2.32. The van der Waals surface area contributed by atoms with Gasteiger partial charge in [0.15, 0.2) is 0 Å². The van der Waals surface area contributed by atoms with Gasteiger partial charge < -0.3 is 5.32 Å². The molecule has 0 aliphatic rings. The summed E-state index contributed by atoms with van der Waals surface area (Å²) in [6, 6.07) is 7.00. The Morgan fingerprint density at radius 2 is 2.00 bits per heavy atom. The topological polar surface area (TPSA) is 12.0 Å². The Labute approximate surface area is 118 Å². The Morgan fingerprint density at radius 1 is 1.29 bits per heavy atom. The summed E-state index contributed by atoms with van der Waals surface area (Å²) in [5, 5.41) is 4.17. The molecule has 0 aromatic heterocycles. The maximum absolute atomic E-state index is 3.55. The van der Waals surface area contributed by atoms with Gasteiger partial charge in [0.25, 0.3) is 0 Å². The lowest BCUT2D eigenvalue weighted by atomic mass is 10.1. The second kappa shape index (κ2) is 7.45. The van der Waals surface area contributed by atoms with E-state index in [2.05, 4.69) is 67.1 Å². The van der Waals surface area contributed by atoms with Crippen molar-refractivity contribution in [3.05, 3.63) is 28.2 Å². The smallest absolute Gasteiger partial charge is 0.0302 e. The molecule has 0 aliphatic carbocycles. The number of thioether (sulfide) groups is 1. The summed E-state index contributed by atoms with van der Waals surface area (Å²) in [5.74, 6) is 0. The first-order valence-corrected chi connectivity index (χ1v) is 7.91. The molecule has 0 heterocycles. The number of benzene rings is 1. The molecule has 96 valence electrons. The van der Waals surface area contributed by atoms with Crippen LogP contribution in [0.5, 0.6) is 0 Å². The van der Waals surface area contributed by atoms with Crippen molar-refractivity contribution < 1.29 is 0 Å². The Kier molecular flexibility index (Phi) is 6.60. The molecule has 1 atom stereocenters. The summed E-state index contributed by atoms with van der Waals surface area (Å²) in [7, 11) is 0.